The monoisotopic (exact) mass is 743 g/mol. The number of aliphatic hydroxyl groups excluding tert-OH is 1. The molecule has 3 aromatic rings. The molecule has 2 aromatic carbocycles. The van der Waals surface area contributed by atoms with Crippen LogP contribution in [0.25, 0.3) is 22.2 Å². The molecule has 0 atom stereocenters. The second-order valence-electron chi connectivity index (χ2n) is 15.2. The van der Waals surface area contributed by atoms with Crippen molar-refractivity contribution in [1.82, 2.24) is 4.98 Å². The van der Waals surface area contributed by atoms with Gasteiger partial charge in [-0.15, -0.1) is 34.9 Å². The summed E-state index contributed by atoms with van der Waals surface area (Å²) in [6.45, 7) is 15.4. The second-order valence-corrected chi connectivity index (χ2v) is 15.2. The van der Waals surface area contributed by atoms with E-state index in [4.69, 9.17) is 4.98 Å². The number of aromatic nitrogens is 1. The van der Waals surface area contributed by atoms with Crippen molar-refractivity contribution < 1.29 is 30.0 Å². The maximum absolute atomic E-state index is 11.5. The summed E-state index contributed by atoms with van der Waals surface area (Å²) in [5.41, 5.74) is 6.57. The zero-order chi connectivity index (χ0) is 29.7. The van der Waals surface area contributed by atoms with Crippen LogP contribution in [-0.2, 0) is 24.9 Å². The molecule has 4 heteroatoms. The summed E-state index contributed by atoms with van der Waals surface area (Å²) >= 11 is 0. The van der Waals surface area contributed by atoms with Gasteiger partial charge in [0.25, 0.3) is 0 Å². The Morgan fingerprint density at radius 1 is 0.881 bits per heavy atom. The molecule has 3 nitrogen and oxygen atoms in total. The first-order valence-electron chi connectivity index (χ1n) is 15.5. The Kier molecular flexibility index (Phi) is 9.61. The Morgan fingerprint density at radius 2 is 1.50 bits per heavy atom. The molecule has 0 aliphatic heterocycles. The molecule has 0 amide bonds. The maximum atomic E-state index is 11.5. The number of hydrogen-bond donors (Lipinski definition) is 1. The topological polar surface area (TPSA) is 50.2 Å². The number of carbonyl (C=O) groups excluding carboxylic acids is 1. The predicted octanol–water partition coefficient (Wildman–Crippen LogP) is 9.95. The number of rotatable bonds is 3. The number of fused-ring (bicyclic) bond motifs is 1. The van der Waals surface area contributed by atoms with Crippen molar-refractivity contribution >= 4 is 16.7 Å². The van der Waals surface area contributed by atoms with E-state index in [1.165, 1.54) is 54.7 Å². The third-order valence-corrected chi connectivity index (χ3v) is 9.55. The molecule has 4 aliphatic carbocycles. The van der Waals surface area contributed by atoms with Gasteiger partial charge in [-0.3, -0.25) is 9.78 Å². The predicted molar refractivity (Wildman–Crippen MR) is 170 cm³/mol. The molecule has 1 radical (unpaired) electrons. The Labute approximate surface area is 267 Å². The Balaban J connectivity index is 0.000000249. The first-order chi connectivity index (χ1) is 19.2. The average molecular weight is 743 g/mol. The van der Waals surface area contributed by atoms with Gasteiger partial charge in [0, 0.05) is 42.4 Å². The standard InChI is InChI=1S/C27H28N.C11H20O2.Ir/c1-16-8-17(2)10-20(9-16)25-7-6-23-24(4-3-5-26(23)28-25)27-21-12-18-11-19(14-21)15-22(27)13-18;1-10(2,3)8(12)7-9(13)11(4,5)6;/h3-9,18-19,21-22,27H,11-15H2,1-2H3;7,12H,1-6H3;/q-1;;/b;8-7-;. The first kappa shape index (κ1) is 32.6. The van der Waals surface area contributed by atoms with Crippen LogP contribution < -0.4 is 0 Å². The van der Waals surface area contributed by atoms with Crippen LogP contribution in [0, 0.1) is 54.4 Å². The van der Waals surface area contributed by atoms with Crippen LogP contribution in [0.4, 0.5) is 0 Å². The van der Waals surface area contributed by atoms with Crippen molar-refractivity contribution in [3.8, 4) is 11.3 Å². The Morgan fingerprint density at radius 3 is 2.05 bits per heavy atom. The summed E-state index contributed by atoms with van der Waals surface area (Å²) in [5.74, 6) is 4.74. The first-order valence-corrected chi connectivity index (χ1v) is 15.5. The molecule has 4 saturated carbocycles. The SMILES string of the molecule is CC(C)(C)C(=O)/C=C(\O)C(C)(C)C.Cc1[c-]c(-c2ccc3c(C4C5CC6CC(C5)CC4C6)cccc3n2)cc(C)c1.[Ir]. The van der Waals surface area contributed by atoms with Gasteiger partial charge in [0.2, 0.25) is 0 Å². The van der Waals surface area contributed by atoms with E-state index in [9.17, 15) is 9.90 Å². The zero-order valence-electron chi connectivity index (χ0n) is 26.7. The number of carbonyl (C=O) groups is 1. The number of pyridine rings is 1. The van der Waals surface area contributed by atoms with E-state index in [2.05, 4.69) is 62.4 Å². The van der Waals surface area contributed by atoms with Crippen LogP contribution in [0.15, 0.2) is 54.3 Å². The molecule has 1 heterocycles. The number of hydrogen-bond acceptors (Lipinski definition) is 3. The zero-order valence-corrected chi connectivity index (χ0v) is 29.1. The molecular weight excluding hydrogens is 695 g/mol. The summed E-state index contributed by atoms with van der Waals surface area (Å²) in [7, 11) is 0. The van der Waals surface area contributed by atoms with Gasteiger partial charge in [-0.1, -0.05) is 79.7 Å². The molecule has 4 fully saturated rings. The van der Waals surface area contributed by atoms with Gasteiger partial charge in [0.05, 0.1) is 5.52 Å². The van der Waals surface area contributed by atoms with Crippen molar-refractivity contribution in [2.45, 2.75) is 93.4 Å². The van der Waals surface area contributed by atoms with Gasteiger partial charge in [0.15, 0.2) is 5.78 Å². The second kappa shape index (κ2) is 12.4. The van der Waals surface area contributed by atoms with E-state index < -0.39 is 5.41 Å². The van der Waals surface area contributed by atoms with Crippen molar-refractivity contribution in [2.24, 2.45) is 34.5 Å². The fourth-order valence-corrected chi connectivity index (χ4v) is 7.64. The normalized spacial score (nSPS) is 25.0. The van der Waals surface area contributed by atoms with Crippen molar-refractivity contribution in [3.63, 3.8) is 0 Å². The minimum Gasteiger partial charge on any atom is -0.512 e. The number of allylic oxidation sites excluding steroid dienone is 2. The summed E-state index contributed by atoms with van der Waals surface area (Å²) in [4.78, 5) is 16.6. The summed E-state index contributed by atoms with van der Waals surface area (Å²) < 4.78 is 0. The van der Waals surface area contributed by atoms with Crippen molar-refractivity contribution in [3.05, 3.63) is 77.1 Å². The molecule has 4 bridgehead atoms. The van der Waals surface area contributed by atoms with Crippen molar-refractivity contribution in [2.75, 3.05) is 0 Å². The molecule has 0 spiro atoms. The summed E-state index contributed by atoms with van der Waals surface area (Å²) in [5, 5.41) is 10.9. The molecule has 4 aliphatic rings. The van der Waals surface area contributed by atoms with Gasteiger partial charge < -0.3 is 5.11 Å². The van der Waals surface area contributed by atoms with Crippen LogP contribution in [0.2, 0.25) is 0 Å². The minimum atomic E-state index is -0.417. The van der Waals surface area contributed by atoms with E-state index >= 15 is 0 Å². The molecule has 1 aromatic heterocycles. The van der Waals surface area contributed by atoms with E-state index in [1.807, 2.05) is 41.5 Å². The quantitative estimate of drug-likeness (QED) is 0.165. The molecular formula is C38H48IrNO2-. The van der Waals surface area contributed by atoms with Crippen LogP contribution in [0.5, 0.6) is 0 Å². The van der Waals surface area contributed by atoms with E-state index in [-0.39, 0.29) is 37.1 Å². The molecule has 1 N–H and O–H groups in total. The molecule has 0 saturated heterocycles. The van der Waals surface area contributed by atoms with Gasteiger partial charge in [-0.25, -0.2) is 0 Å². The molecule has 227 valence electrons. The van der Waals surface area contributed by atoms with Gasteiger partial charge in [-0.05, 0) is 79.0 Å². The summed E-state index contributed by atoms with van der Waals surface area (Å²) in [6, 6.07) is 19.2. The average Bonchev–Trinajstić information content (AvgIpc) is 2.86. The molecule has 0 unspecified atom stereocenters. The van der Waals surface area contributed by atoms with E-state index in [0.717, 1.165) is 46.4 Å². The smallest absolute Gasteiger partial charge is 0.164 e. The summed E-state index contributed by atoms with van der Waals surface area (Å²) in [6.07, 6.45) is 8.73. The number of aliphatic hydroxyl groups is 1. The van der Waals surface area contributed by atoms with Crippen LogP contribution >= 0.6 is 0 Å². The van der Waals surface area contributed by atoms with E-state index in [1.54, 1.807) is 5.56 Å². The van der Waals surface area contributed by atoms with Gasteiger partial charge in [-0.2, -0.15) is 0 Å². The van der Waals surface area contributed by atoms with Crippen LogP contribution in [-0.4, -0.2) is 15.9 Å². The van der Waals surface area contributed by atoms with Crippen LogP contribution in [0.1, 0.15) is 96.3 Å². The number of aryl methyl sites for hydroxylation is 2. The minimum absolute atomic E-state index is 0. The third kappa shape index (κ3) is 7.08. The fraction of sp³-hybridized carbons (Fsp3) is 0.526. The third-order valence-electron chi connectivity index (χ3n) is 9.55. The maximum Gasteiger partial charge on any atom is 0.164 e. The van der Waals surface area contributed by atoms with Crippen molar-refractivity contribution in [1.29, 1.82) is 0 Å². The fourth-order valence-electron chi connectivity index (χ4n) is 7.64. The molecule has 7 rings (SSSR count). The Bertz CT molecular complexity index is 1420. The number of ketones is 1. The van der Waals surface area contributed by atoms with Gasteiger partial charge in [0.1, 0.15) is 5.76 Å². The number of nitrogens with zero attached hydrogens (tertiary/aromatic N) is 1. The molecule has 42 heavy (non-hydrogen) atoms. The number of benzene rings is 2. The Hall–Kier alpha value is -2.29. The van der Waals surface area contributed by atoms with Crippen LogP contribution in [0.3, 0.4) is 0 Å². The van der Waals surface area contributed by atoms with Gasteiger partial charge >= 0.3 is 0 Å². The van der Waals surface area contributed by atoms with E-state index in [0.29, 0.717) is 0 Å². The largest absolute Gasteiger partial charge is 0.512 e.